The van der Waals surface area contributed by atoms with Crippen molar-refractivity contribution < 1.29 is 17.9 Å². The van der Waals surface area contributed by atoms with E-state index in [1.54, 1.807) is 0 Å². The fourth-order valence-electron chi connectivity index (χ4n) is 2.47. The standard InChI is InChI=1S/C20H24F3NO/c1-15(2)14-24-13-12-19(16-6-4-3-5-7-16)25-18-10-8-17(9-11-18)20(21,22)23/h3-11,15,19,24H,12-14H2,1-2H3. The van der Waals surface area contributed by atoms with Gasteiger partial charge in [-0.05, 0) is 48.8 Å². The molecule has 2 rings (SSSR count). The Morgan fingerprint density at radius 2 is 1.60 bits per heavy atom. The molecule has 1 unspecified atom stereocenters. The number of ether oxygens (including phenoxy) is 1. The topological polar surface area (TPSA) is 21.3 Å². The lowest BCUT2D eigenvalue weighted by Crippen LogP contribution is -2.23. The second-order valence-corrected chi connectivity index (χ2v) is 6.43. The summed E-state index contributed by atoms with van der Waals surface area (Å²) in [7, 11) is 0. The van der Waals surface area contributed by atoms with E-state index in [0.29, 0.717) is 11.7 Å². The van der Waals surface area contributed by atoms with E-state index in [4.69, 9.17) is 4.74 Å². The zero-order valence-corrected chi connectivity index (χ0v) is 14.5. The Morgan fingerprint density at radius 3 is 2.16 bits per heavy atom. The Bertz CT molecular complexity index is 624. The van der Waals surface area contributed by atoms with E-state index in [2.05, 4.69) is 19.2 Å². The van der Waals surface area contributed by atoms with E-state index in [1.807, 2.05) is 30.3 Å². The summed E-state index contributed by atoms with van der Waals surface area (Å²) in [5, 5.41) is 3.37. The number of nitrogens with one attached hydrogen (secondary N) is 1. The van der Waals surface area contributed by atoms with Gasteiger partial charge >= 0.3 is 6.18 Å². The molecule has 0 saturated heterocycles. The van der Waals surface area contributed by atoms with Crippen LogP contribution in [0.25, 0.3) is 0 Å². The van der Waals surface area contributed by atoms with E-state index in [1.165, 1.54) is 12.1 Å². The molecule has 0 heterocycles. The van der Waals surface area contributed by atoms with E-state index in [9.17, 15) is 13.2 Å². The first kappa shape index (κ1) is 19.3. The molecule has 136 valence electrons. The second-order valence-electron chi connectivity index (χ2n) is 6.43. The number of alkyl halides is 3. The van der Waals surface area contributed by atoms with Crippen LogP contribution < -0.4 is 10.1 Å². The first-order valence-electron chi connectivity index (χ1n) is 8.46. The Kier molecular flexibility index (Phi) is 6.88. The Hall–Kier alpha value is -2.01. The van der Waals surface area contributed by atoms with Crippen molar-refractivity contribution in [3.8, 4) is 5.75 Å². The molecule has 25 heavy (non-hydrogen) atoms. The van der Waals surface area contributed by atoms with Crippen LogP contribution in [0.4, 0.5) is 13.2 Å². The summed E-state index contributed by atoms with van der Waals surface area (Å²) < 4.78 is 44.0. The van der Waals surface area contributed by atoms with Crippen LogP contribution in [0.15, 0.2) is 54.6 Å². The summed E-state index contributed by atoms with van der Waals surface area (Å²) >= 11 is 0. The van der Waals surface area contributed by atoms with E-state index in [0.717, 1.165) is 37.2 Å². The van der Waals surface area contributed by atoms with Gasteiger partial charge in [-0.15, -0.1) is 0 Å². The maximum absolute atomic E-state index is 12.7. The summed E-state index contributed by atoms with van der Waals surface area (Å²) in [6, 6.07) is 14.6. The van der Waals surface area contributed by atoms with Gasteiger partial charge in [0.1, 0.15) is 11.9 Å². The number of benzene rings is 2. The average molecular weight is 351 g/mol. The largest absolute Gasteiger partial charge is 0.486 e. The maximum Gasteiger partial charge on any atom is 0.416 e. The van der Waals surface area contributed by atoms with Crippen LogP contribution in [0.1, 0.15) is 37.5 Å². The molecule has 0 amide bonds. The van der Waals surface area contributed by atoms with Crippen molar-refractivity contribution in [2.24, 2.45) is 5.92 Å². The molecular weight excluding hydrogens is 327 g/mol. The zero-order chi connectivity index (χ0) is 18.3. The number of hydrogen-bond acceptors (Lipinski definition) is 2. The van der Waals surface area contributed by atoms with Gasteiger partial charge in [0, 0.05) is 6.42 Å². The Labute approximate surface area is 147 Å². The molecule has 0 aliphatic rings. The quantitative estimate of drug-likeness (QED) is 0.638. The van der Waals surface area contributed by atoms with Crippen molar-refractivity contribution in [2.75, 3.05) is 13.1 Å². The maximum atomic E-state index is 12.7. The molecular formula is C20H24F3NO. The molecule has 0 bridgehead atoms. The lowest BCUT2D eigenvalue weighted by Gasteiger charge is -2.20. The van der Waals surface area contributed by atoms with Crippen molar-refractivity contribution in [3.05, 3.63) is 65.7 Å². The van der Waals surface area contributed by atoms with Gasteiger partial charge in [0.05, 0.1) is 5.56 Å². The smallest absolute Gasteiger partial charge is 0.416 e. The Balaban J connectivity index is 2.05. The summed E-state index contributed by atoms with van der Waals surface area (Å²) in [4.78, 5) is 0. The Morgan fingerprint density at radius 1 is 0.960 bits per heavy atom. The molecule has 0 radical (unpaired) electrons. The van der Waals surface area contributed by atoms with Gasteiger partial charge < -0.3 is 10.1 Å². The van der Waals surface area contributed by atoms with E-state index in [-0.39, 0.29) is 6.10 Å². The third-order valence-electron chi connectivity index (χ3n) is 3.77. The van der Waals surface area contributed by atoms with Crippen LogP contribution in [-0.2, 0) is 6.18 Å². The van der Waals surface area contributed by atoms with Crippen LogP contribution in [0.5, 0.6) is 5.75 Å². The minimum Gasteiger partial charge on any atom is -0.486 e. The van der Waals surface area contributed by atoms with Gasteiger partial charge in [-0.2, -0.15) is 13.2 Å². The highest BCUT2D eigenvalue weighted by atomic mass is 19.4. The first-order valence-corrected chi connectivity index (χ1v) is 8.46. The third-order valence-corrected chi connectivity index (χ3v) is 3.77. The van der Waals surface area contributed by atoms with E-state index >= 15 is 0 Å². The molecule has 0 aromatic heterocycles. The normalized spacial score (nSPS) is 13.0. The van der Waals surface area contributed by atoms with Gasteiger partial charge in [-0.3, -0.25) is 0 Å². The fraction of sp³-hybridized carbons (Fsp3) is 0.400. The summed E-state index contributed by atoms with van der Waals surface area (Å²) in [5.74, 6) is 0.997. The molecule has 0 fully saturated rings. The predicted molar refractivity (Wildman–Crippen MR) is 93.6 cm³/mol. The number of rotatable bonds is 8. The van der Waals surface area contributed by atoms with Crippen molar-refractivity contribution in [1.82, 2.24) is 5.32 Å². The highest BCUT2D eigenvalue weighted by molar-refractivity contribution is 5.30. The zero-order valence-electron chi connectivity index (χ0n) is 14.5. The SMILES string of the molecule is CC(C)CNCCC(Oc1ccc(C(F)(F)F)cc1)c1ccccc1. The first-order chi connectivity index (χ1) is 11.9. The molecule has 5 heteroatoms. The summed E-state index contributed by atoms with van der Waals surface area (Å²) in [5.41, 5.74) is 0.337. The van der Waals surface area contributed by atoms with Crippen LogP contribution in [0, 0.1) is 5.92 Å². The van der Waals surface area contributed by atoms with Crippen molar-refractivity contribution in [3.63, 3.8) is 0 Å². The monoisotopic (exact) mass is 351 g/mol. The molecule has 1 N–H and O–H groups in total. The summed E-state index contributed by atoms with van der Waals surface area (Å²) in [6.45, 7) is 5.97. The van der Waals surface area contributed by atoms with Crippen molar-refractivity contribution in [1.29, 1.82) is 0 Å². The molecule has 0 aliphatic carbocycles. The lowest BCUT2D eigenvalue weighted by atomic mass is 10.1. The predicted octanol–water partition coefficient (Wildman–Crippen LogP) is 5.46. The molecule has 0 saturated carbocycles. The van der Waals surface area contributed by atoms with Crippen molar-refractivity contribution in [2.45, 2.75) is 32.5 Å². The van der Waals surface area contributed by atoms with Gasteiger partial charge in [-0.25, -0.2) is 0 Å². The number of hydrogen-bond donors (Lipinski definition) is 1. The minimum atomic E-state index is -4.34. The molecule has 2 aromatic carbocycles. The highest BCUT2D eigenvalue weighted by Crippen LogP contribution is 2.31. The molecule has 2 aromatic rings. The van der Waals surface area contributed by atoms with Gasteiger partial charge in [0.2, 0.25) is 0 Å². The number of halogens is 3. The average Bonchev–Trinajstić information content (AvgIpc) is 2.58. The van der Waals surface area contributed by atoms with Crippen LogP contribution in [0.2, 0.25) is 0 Å². The van der Waals surface area contributed by atoms with Crippen LogP contribution >= 0.6 is 0 Å². The van der Waals surface area contributed by atoms with Gasteiger partial charge in [0.15, 0.2) is 0 Å². The molecule has 0 aliphatic heterocycles. The molecule has 1 atom stereocenters. The summed E-state index contributed by atoms with van der Waals surface area (Å²) in [6.07, 6.45) is -3.81. The van der Waals surface area contributed by atoms with Gasteiger partial charge in [0.25, 0.3) is 0 Å². The van der Waals surface area contributed by atoms with E-state index < -0.39 is 11.7 Å². The fourth-order valence-corrected chi connectivity index (χ4v) is 2.47. The lowest BCUT2D eigenvalue weighted by molar-refractivity contribution is -0.137. The highest BCUT2D eigenvalue weighted by Gasteiger charge is 2.30. The minimum absolute atomic E-state index is 0.211. The molecule has 0 spiro atoms. The van der Waals surface area contributed by atoms with Gasteiger partial charge in [-0.1, -0.05) is 44.2 Å². The van der Waals surface area contributed by atoms with Crippen LogP contribution in [-0.4, -0.2) is 13.1 Å². The second kappa shape index (κ2) is 8.90. The van der Waals surface area contributed by atoms with Crippen LogP contribution in [0.3, 0.4) is 0 Å². The van der Waals surface area contributed by atoms with Crippen molar-refractivity contribution >= 4 is 0 Å². The third kappa shape index (κ3) is 6.42. The molecule has 2 nitrogen and oxygen atoms in total.